The van der Waals surface area contributed by atoms with Gasteiger partial charge in [0.1, 0.15) is 5.92 Å². The molecule has 0 saturated carbocycles. The molecule has 1 aromatic carbocycles. The summed E-state index contributed by atoms with van der Waals surface area (Å²) in [5, 5.41) is 10.0. The Balaban J connectivity index is 2.67. The number of halogens is 2. The predicted octanol–water partition coefficient (Wildman–Crippen LogP) is 5.53. The summed E-state index contributed by atoms with van der Waals surface area (Å²) in [5.41, 5.74) is 0.442. The molecule has 0 amide bonds. The van der Waals surface area contributed by atoms with Crippen LogP contribution in [-0.4, -0.2) is 5.78 Å². The van der Waals surface area contributed by atoms with E-state index >= 15 is 0 Å². The van der Waals surface area contributed by atoms with E-state index in [0.29, 0.717) is 22.0 Å². The second kappa shape index (κ2) is 9.00. The van der Waals surface area contributed by atoms with Crippen LogP contribution in [0, 0.1) is 11.3 Å². The van der Waals surface area contributed by atoms with E-state index in [1.165, 1.54) is 12.8 Å². The van der Waals surface area contributed by atoms with Crippen molar-refractivity contribution >= 4 is 29.0 Å². The van der Waals surface area contributed by atoms with Crippen molar-refractivity contribution in [3.63, 3.8) is 0 Å². The minimum Gasteiger partial charge on any atom is -0.298 e. The molecule has 1 atom stereocenters. The zero-order valence-corrected chi connectivity index (χ0v) is 13.2. The Morgan fingerprint density at radius 3 is 2.35 bits per heavy atom. The van der Waals surface area contributed by atoms with Gasteiger partial charge in [0.25, 0.3) is 0 Å². The average molecular weight is 312 g/mol. The number of nitrogens with zero attached hydrogens (tertiary/aromatic N) is 1. The quantitative estimate of drug-likeness (QED) is 0.592. The predicted molar refractivity (Wildman–Crippen MR) is 83.2 cm³/mol. The van der Waals surface area contributed by atoms with Gasteiger partial charge in [-0.15, -0.1) is 0 Å². The largest absolute Gasteiger partial charge is 0.298 e. The first-order valence-corrected chi connectivity index (χ1v) is 7.73. The molecule has 20 heavy (non-hydrogen) atoms. The number of nitriles is 1. The van der Waals surface area contributed by atoms with E-state index in [-0.39, 0.29) is 5.78 Å². The highest BCUT2D eigenvalue weighted by molar-refractivity contribution is 6.36. The van der Waals surface area contributed by atoms with Crippen LogP contribution in [0.2, 0.25) is 10.0 Å². The summed E-state index contributed by atoms with van der Waals surface area (Å²) in [6, 6.07) is 7.05. The second-order valence-corrected chi connectivity index (χ2v) is 5.64. The number of Topliss-reactive ketones (excluding diaryl/α,β-unsaturated/α-hetero) is 1. The van der Waals surface area contributed by atoms with Gasteiger partial charge in [0, 0.05) is 22.0 Å². The summed E-state index contributed by atoms with van der Waals surface area (Å²) in [6.07, 6.45) is 5.74. The molecule has 0 heterocycles. The van der Waals surface area contributed by atoms with Crippen LogP contribution in [0.25, 0.3) is 0 Å². The fraction of sp³-hybridized carbons (Fsp3) is 0.500. The molecule has 2 nitrogen and oxygen atoms in total. The Kier molecular flexibility index (Phi) is 7.65. The van der Waals surface area contributed by atoms with E-state index in [1.54, 1.807) is 18.2 Å². The molecule has 0 aromatic heterocycles. The van der Waals surface area contributed by atoms with Crippen molar-refractivity contribution in [2.24, 2.45) is 0 Å². The van der Waals surface area contributed by atoms with Crippen molar-refractivity contribution in [2.75, 3.05) is 0 Å². The van der Waals surface area contributed by atoms with Gasteiger partial charge in [-0.3, -0.25) is 4.79 Å². The van der Waals surface area contributed by atoms with E-state index in [1.807, 2.05) is 6.07 Å². The molecule has 0 aliphatic carbocycles. The van der Waals surface area contributed by atoms with Crippen molar-refractivity contribution in [3.05, 3.63) is 33.8 Å². The Morgan fingerprint density at radius 2 is 1.80 bits per heavy atom. The molecular weight excluding hydrogens is 293 g/mol. The van der Waals surface area contributed by atoms with E-state index in [9.17, 15) is 10.1 Å². The summed E-state index contributed by atoms with van der Waals surface area (Å²) in [5.74, 6) is -0.957. The normalized spacial score (nSPS) is 11.9. The minimum absolute atomic E-state index is 0.0981. The van der Waals surface area contributed by atoms with Gasteiger partial charge in [-0.05, 0) is 18.6 Å². The standard InChI is InChI=1S/C16H19Cl2NO/c1-2-3-4-5-6-10-15(20)12(11-19)16-13(17)8-7-9-14(16)18/h7-9,12H,2-6,10H2,1H3. The van der Waals surface area contributed by atoms with Crippen LogP contribution in [0.3, 0.4) is 0 Å². The van der Waals surface area contributed by atoms with E-state index in [4.69, 9.17) is 23.2 Å². The van der Waals surface area contributed by atoms with Crippen LogP contribution < -0.4 is 0 Å². The molecule has 0 fully saturated rings. The molecule has 108 valence electrons. The Morgan fingerprint density at radius 1 is 1.20 bits per heavy atom. The molecule has 0 spiro atoms. The molecule has 1 aromatic rings. The van der Waals surface area contributed by atoms with Gasteiger partial charge in [0.2, 0.25) is 0 Å². The van der Waals surface area contributed by atoms with Crippen molar-refractivity contribution in [2.45, 2.75) is 51.4 Å². The molecule has 0 aliphatic rings. The molecular formula is C16H19Cl2NO. The third kappa shape index (κ3) is 4.81. The number of carbonyl (C=O) groups is 1. The van der Waals surface area contributed by atoms with Crippen molar-refractivity contribution in [1.29, 1.82) is 5.26 Å². The summed E-state index contributed by atoms with van der Waals surface area (Å²) in [7, 11) is 0. The molecule has 0 saturated heterocycles. The van der Waals surface area contributed by atoms with Crippen LogP contribution in [0.4, 0.5) is 0 Å². The van der Waals surface area contributed by atoms with Crippen LogP contribution in [0.5, 0.6) is 0 Å². The van der Waals surface area contributed by atoms with Gasteiger partial charge in [0.15, 0.2) is 5.78 Å². The zero-order valence-electron chi connectivity index (χ0n) is 11.7. The first kappa shape index (κ1) is 17.0. The van der Waals surface area contributed by atoms with Crippen LogP contribution in [-0.2, 0) is 4.79 Å². The van der Waals surface area contributed by atoms with Gasteiger partial charge < -0.3 is 0 Å². The Labute approximate surface area is 130 Å². The fourth-order valence-corrected chi connectivity index (χ4v) is 2.75. The number of carbonyl (C=O) groups excluding carboxylic acids is 1. The Hall–Kier alpha value is -1.04. The first-order valence-electron chi connectivity index (χ1n) is 6.98. The van der Waals surface area contributed by atoms with Gasteiger partial charge in [-0.2, -0.15) is 5.26 Å². The topological polar surface area (TPSA) is 40.9 Å². The SMILES string of the molecule is CCCCCCCC(=O)C(C#N)c1c(Cl)cccc1Cl. The van der Waals surface area contributed by atoms with E-state index < -0.39 is 5.92 Å². The molecule has 0 radical (unpaired) electrons. The number of unbranched alkanes of at least 4 members (excludes halogenated alkanes) is 4. The maximum atomic E-state index is 12.2. The number of rotatable bonds is 8. The van der Waals surface area contributed by atoms with Crippen LogP contribution in [0.15, 0.2) is 18.2 Å². The van der Waals surface area contributed by atoms with Crippen LogP contribution >= 0.6 is 23.2 Å². The number of ketones is 1. The number of benzene rings is 1. The highest BCUT2D eigenvalue weighted by Crippen LogP contribution is 2.32. The minimum atomic E-state index is -0.859. The average Bonchev–Trinajstić information content (AvgIpc) is 2.42. The van der Waals surface area contributed by atoms with Crippen molar-refractivity contribution in [3.8, 4) is 6.07 Å². The smallest absolute Gasteiger partial charge is 0.154 e. The highest BCUT2D eigenvalue weighted by atomic mass is 35.5. The lowest BCUT2D eigenvalue weighted by molar-refractivity contribution is -0.119. The summed E-state index contributed by atoms with van der Waals surface area (Å²) < 4.78 is 0. The van der Waals surface area contributed by atoms with Crippen molar-refractivity contribution in [1.82, 2.24) is 0 Å². The third-order valence-corrected chi connectivity index (χ3v) is 3.93. The lowest BCUT2D eigenvalue weighted by atomic mass is 9.92. The highest BCUT2D eigenvalue weighted by Gasteiger charge is 2.24. The van der Waals surface area contributed by atoms with Gasteiger partial charge in [-0.1, -0.05) is 61.9 Å². The van der Waals surface area contributed by atoms with Gasteiger partial charge in [-0.25, -0.2) is 0 Å². The van der Waals surface area contributed by atoms with Crippen LogP contribution in [0.1, 0.15) is 56.9 Å². The summed E-state index contributed by atoms with van der Waals surface area (Å²) >= 11 is 12.1. The second-order valence-electron chi connectivity index (χ2n) is 4.83. The lowest BCUT2D eigenvalue weighted by Gasteiger charge is -2.12. The lowest BCUT2D eigenvalue weighted by Crippen LogP contribution is -2.11. The first-order chi connectivity index (χ1) is 9.61. The monoisotopic (exact) mass is 311 g/mol. The summed E-state index contributed by atoms with van der Waals surface area (Å²) in [6.45, 7) is 2.15. The molecule has 4 heteroatoms. The fourth-order valence-electron chi connectivity index (χ4n) is 2.13. The van der Waals surface area contributed by atoms with Gasteiger partial charge in [0.05, 0.1) is 6.07 Å². The maximum absolute atomic E-state index is 12.2. The van der Waals surface area contributed by atoms with Gasteiger partial charge >= 0.3 is 0 Å². The third-order valence-electron chi connectivity index (χ3n) is 3.27. The molecule has 0 bridgehead atoms. The molecule has 0 N–H and O–H groups in total. The van der Waals surface area contributed by atoms with Crippen molar-refractivity contribution < 1.29 is 4.79 Å². The molecule has 1 rings (SSSR count). The Bertz CT molecular complexity index is 473. The molecule has 1 unspecified atom stereocenters. The molecule has 0 aliphatic heterocycles. The summed E-state index contributed by atoms with van der Waals surface area (Å²) in [4.78, 5) is 12.2. The zero-order chi connectivity index (χ0) is 15.0. The number of hydrogen-bond acceptors (Lipinski definition) is 2. The van der Waals surface area contributed by atoms with E-state index in [2.05, 4.69) is 6.92 Å². The van der Waals surface area contributed by atoms with E-state index in [0.717, 1.165) is 19.3 Å². The number of hydrogen-bond donors (Lipinski definition) is 0. The maximum Gasteiger partial charge on any atom is 0.154 e.